The zero-order valence-corrected chi connectivity index (χ0v) is 11.2. The molecule has 0 unspecified atom stereocenters. The van der Waals surface area contributed by atoms with E-state index in [-0.39, 0.29) is 0 Å². The summed E-state index contributed by atoms with van der Waals surface area (Å²) in [5, 5.41) is 5.34. The van der Waals surface area contributed by atoms with E-state index >= 15 is 0 Å². The minimum atomic E-state index is 0.818. The third kappa shape index (κ3) is 5.54. The maximum absolute atomic E-state index is 3.88. The summed E-state index contributed by atoms with van der Waals surface area (Å²) in [6, 6.07) is 10.8. The molecular formula is C11H15Se2. The molecule has 1 aromatic carbocycles. The summed E-state index contributed by atoms with van der Waals surface area (Å²) < 4.78 is 0. The van der Waals surface area contributed by atoms with Crippen LogP contribution in [-0.2, 0) is 5.32 Å². The fourth-order valence-corrected chi connectivity index (χ4v) is 5.68. The molecule has 0 N–H and O–H groups in total. The Hall–Kier alpha value is 0.259. The first-order chi connectivity index (χ1) is 6.43. The SMILES string of the molecule is [CH2]C[Se]CC[Se]Cc1ccccc1. The van der Waals surface area contributed by atoms with Crippen molar-refractivity contribution >= 4 is 29.9 Å². The molecule has 0 aromatic heterocycles. The van der Waals surface area contributed by atoms with Crippen molar-refractivity contribution in [3.8, 4) is 0 Å². The zero-order chi connectivity index (χ0) is 9.36. The van der Waals surface area contributed by atoms with E-state index in [0.29, 0.717) is 0 Å². The Balaban J connectivity index is 2.07. The molecule has 0 heterocycles. The molecule has 2 heteroatoms. The van der Waals surface area contributed by atoms with Gasteiger partial charge in [-0.2, -0.15) is 0 Å². The first-order valence-electron chi connectivity index (χ1n) is 4.42. The number of hydrogen-bond donors (Lipinski definition) is 0. The summed E-state index contributed by atoms with van der Waals surface area (Å²) in [5.41, 5.74) is 1.50. The van der Waals surface area contributed by atoms with Gasteiger partial charge in [-0.15, -0.1) is 0 Å². The molecular weight excluding hydrogens is 290 g/mol. The van der Waals surface area contributed by atoms with Crippen LogP contribution >= 0.6 is 0 Å². The first-order valence-corrected chi connectivity index (χ1v) is 9.26. The van der Waals surface area contributed by atoms with Crippen LogP contribution in [0.4, 0.5) is 0 Å². The molecule has 1 rings (SSSR count). The van der Waals surface area contributed by atoms with E-state index in [1.165, 1.54) is 21.5 Å². The Morgan fingerprint density at radius 1 is 1.00 bits per heavy atom. The van der Waals surface area contributed by atoms with Crippen LogP contribution in [0.1, 0.15) is 5.56 Å². The minimum absolute atomic E-state index is 0.818. The van der Waals surface area contributed by atoms with Crippen molar-refractivity contribution in [3.05, 3.63) is 42.8 Å². The van der Waals surface area contributed by atoms with Crippen LogP contribution in [0.2, 0.25) is 16.0 Å². The molecule has 0 spiro atoms. The standard InChI is InChI=1S/C11H15Se2/c1-2-12-8-9-13-10-11-6-4-3-5-7-11/h3-7H,1-2,8-10H2. The topological polar surface area (TPSA) is 0 Å². The van der Waals surface area contributed by atoms with E-state index < -0.39 is 0 Å². The Labute approximate surface area is 93.8 Å². The molecule has 71 valence electrons. The summed E-state index contributed by atoms with van der Waals surface area (Å²) in [4.78, 5) is 0. The summed E-state index contributed by atoms with van der Waals surface area (Å²) >= 11 is 1.64. The molecule has 0 nitrogen and oxygen atoms in total. The van der Waals surface area contributed by atoms with Crippen molar-refractivity contribution in [1.82, 2.24) is 0 Å². The third-order valence-corrected chi connectivity index (χ3v) is 6.74. The van der Waals surface area contributed by atoms with Crippen LogP contribution in [-0.4, -0.2) is 29.9 Å². The fourth-order valence-electron chi connectivity index (χ4n) is 0.984. The number of hydrogen-bond acceptors (Lipinski definition) is 0. The summed E-state index contributed by atoms with van der Waals surface area (Å²) in [7, 11) is 0. The van der Waals surface area contributed by atoms with Crippen LogP contribution in [0.5, 0.6) is 0 Å². The first kappa shape index (κ1) is 11.3. The maximum atomic E-state index is 3.88. The van der Waals surface area contributed by atoms with Gasteiger partial charge in [0, 0.05) is 0 Å². The Kier molecular flexibility index (Phi) is 6.66. The van der Waals surface area contributed by atoms with E-state index in [1.54, 1.807) is 0 Å². The molecule has 0 bridgehead atoms. The third-order valence-electron chi connectivity index (χ3n) is 1.63. The average Bonchev–Trinajstić information content (AvgIpc) is 2.19. The van der Waals surface area contributed by atoms with Crippen molar-refractivity contribution in [2.24, 2.45) is 0 Å². The summed E-state index contributed by atoms with van der Waals surface area (Å²) in [6.07, 6.45) is 0. The van der Waals surface area contributed by atoms with Gasteiger partial charge >= 0.3 is 94.0 Å². The van der Waals surface area contributed by atoms with Gasteiger partial charge < -0.3 is 0 Å². The van der Waals surface area contributed by atoms with Gasteiger partial charge in [0.1, 0.15) is 0 Å². The quantitative estimate of drug-likeness (QED) is 0.560. The molecule has 0 aliphatic rings. The summed E-state index contributed by atoms with van der Waals surface area (Å²) in [5.74, 6) is 0. The van der Waals surface area contributed by atoms with E-state index in [9.17, 15) is 0 Å². The van der Waals surface area contributed by atoms with Gasteiger partial charge in [0.25, 0.3) is 0 Å². The van der Waals surface area contributed by atoms with Crippen molar-refractivity contribution in [3.63, 3.8) is 0 Å². The molecule has 13 heavy (non-hydrogen) atoms. The average molecular weight is 305 g/mol. The van der Waals surface area contributed by atoms with Crippen LogP contribution in [0.25, 0.3) is 0 Å². The molecule has 0 atom stereocenters. The molecule has 0 amide bonds. The van der Waals surface area contributed by atoms with Crippen molar-refractivity contribution in [2.75, 3.05) is 0 Å². The Morgan fingerprint density at radius 2 is 1.69 bits per heavy atom. The fraction of sp³-hybridized carbons (Fsp3) is 0.364. The van der Waals surface area contributed by atoms with E-state index in [4.69, 9.17) is 0 Å². The van der Waals surface area contributed by atoms with Crippen LogP contribution in [0, 0.1) is 6.92 Å². The van der Waals surface area contributed by atoms with Gasteiger partial charge in [-0.05, 0) is 0 Å². The molecule has 0 aliphatic carbocycles. The second kappa shape index (κ2) is 7.64. The molecule has 0 aliphatic heterocycles. The van der Waals surface area contributed by atoms with Gasteiger partial charge in [0.05, 0.1) is 0 Å². The van der Waals surface area contributed by atoms with Crippen molar-refractivity contribution < 1.29 is 0 Å². The number of rotatable bonds is 6. The van der Waals surface area contributed by atoms with Gasteiger partial charge in [0.2, 0.25) is 0 Å². The predicted octanol–water partition coefficient (Wildman–Crippen LogP) is 2.68. The Bertz CT molecular complexity index is 209. The number of benzene rings is 1. The van der Waals surface area contributed by atoms with Gasteiger partial charge in [-0.25, -0.2) is 0 Å². The summed E-state index contributed by atoms with van der Waals surface area (Å²) in [6.45, 7) is 3.88. The van der Waals surface area contributed by atoms with Crippen LogP contribution < -0.4 is 0 Å². The van der Waals surface area contributed by atoms with Gasteiger partial charge in [-0.3, -0.25) is 0 Å². The molecule has 0 saturated carbocycles. The molecule has 0 saturated heterocycles. The van der Waals surface area contributed by atoms with E-state index in [2.05, 4.69) is 37.3 Å². The predicted molar refractivity (Wildman–Crippen MR) is 61.4 cm³/mol. The van der Waals surface area contributed by atoms with Gasteiger partial charge in [0.15, 0.2) is 0 Å². The molecule has 0 fully saturated rings. The van der Waals surface area contributed by atoms with Crippen molar-refractivity contribution in [1.29, 1.82) is 0 Å². The Morgan fingerprint density at radius 3 is 2.38 bits per heavy atom. The molecule has 1 radical (unpaired) electrons. The second-order valence-corrected chi connectivity index (χ2v) is 7.54. The second-order valence-electron chi connectivity index (χ2n) is 2.65. The molecule has 1 aromatic rings. The van der Waals surface area contributed by atoms with Crippen LogP contribution in [0.15, 0.2) is 30.3 Å². The van der Waals surface area contributed by atoms with Gasteiger partial charge in [-0.1, -0.05) is 0 Å². The van der Waals surface area contributed by atoms with E-state index in [0.717, 1.165) is 35.2 Å². The monoisotopic (exact) mass is 307 g/mol. The van der Waals surface area contributed by atoms with E-state index in [1.807, 2.05) is 0 Å². The zero-order valence-electron chi connectivity index (χ0n) is 7.74. The normalized spacial score (nSPS) is 10.2. The van der Waals surface area contributed by atoms with Crippen LogP contribution in [0.3, 0.4) is 0 Å². The van der Waals surface area contributed by atoms with Crippen molar-refractivity contribution in [2.45, 2.75) is 21.3 Å².